The van der Waals surface area contributed by atoms with Crippen molar-refractivity contribution in [2.45, 2.75) is 30.7 Å². The van der Waals surface area contributed by atoms with Crippen molar-refractivity contribution in [2.75, 3.05) is 12.8 Å². The minimum atomic E-state index is -3.50. The minimum Gasteiger partial charge on any atom is -0.399 e. The van der Waals surface area contributed by atoms with E-state index in [1.807, 2.05) is 6.92 Å². The number of hydrogen-bond donors (Lipinski definition) is 2. The van der Waals surface area contributed by atoms with Crippen LogP contribution in [0.25, 0.3) is 10.9 Å². The number of benzene rings is 1. The molecule has 3 rings (SSSR count). The van der Waals surface area contributed by atoms with Crippen LogP contribution in [-0.2, 0) is 10.0 Å². The number of nitrogen functional groups attached to an aromatic ring is 1. The number of nitrogens with two attached hydrogens (primary N) is 1. The summed E-state index contributed by atoms with van der Waals surface area (Å²) in [7, 11) is -1.84. The molecule has 0 amide bonds. The maximum atomic E-state index is 12.8. The lowest BCUT2D eigenvalue weighted by molar-refractivity contribution is 0.357. The van der Waals surface area contributed by atoms with Crippen LogP contribution in [-0.4, -0.2) is 30.8 Å². The van der Waals surface area contributed by atoms with Gasteiger partial charge < -0.3 is 10.7 Å². The van der Waals surface area contributed by atoms with Gasteiger partial charge in [0.15, 0.2) is 0 Å². The van der Waals surface area contributed by atoms with Crippen LogP contribution < -0.4 is 5.73 Å². The third-order valence-electron chi connectivity index (χ3n) is 4.20. The average Bonchev–Trinajstić information content (AvgIpc) is 3.17. The Balaban J connectivity index is 2.06. The van der Waals surface area contributed by atoms with Gasteiger partial charge in [0.25, 0.3) is 0 Å². The third-order valence-corrected chi connectivity index (χ3v) is 6.19. The molecular weight excluding hydrogens is 274 g/mol. The minimum absolute atomic E-state index is 0.0333. The summed E-state index contributed by atoms with van der Waals surface area (Å²) in [5.74, 6) is 0.491. The van der Waals surface area contributed by atoms with Gasteiger partial charge in [0.1, 0.15) is 4.90 Å². The summed E-state index contributed by atoms with van der Waals surface area (Å²) in [6, 6.07) is 5.29. The molecule has 1 aromatic carbocycles. The van der Waals surface area contributed by atoms with Gasteiger partial charge in [-0.2, -0.15) is 4.31 Å². The summed E-state index contributed by atoms with van der Waals surface area (Å²) in [4.78, 5) is 3.30. The molecule has 0 bridgehead atoms. The smallest absolute Gasteiger partial charge is 0.245 e. The van der Waals surface area contributed by atoms with E-state index in [0.717, 1.165) is 18.4 Å². The van der Waals surface area contributed by atoms with Gasteiger partial charge in [-0.15, -0.1) is 0 Å². The summed E-state index contributed by atoms with van der Waals surface area (Å²) < 4.78 is 27.0. The highest BCUT2D eigenvalue weighted by atomic mass is 32.2. The maximum absolute atomic E-state index is 12.8. The number of aromatic amines is 1. The zero-order chi connectivity index (χ0) is 14.5. The summed E-state index contributed by atoms with van der Waals surface area (Å²) in [6.45, 7) is 1.97. The van der Waals surface area contributed by atoms with Crippen LogP contribution in [0.3, 0.4) is 0 Å². The molecule has 1 unspecified atom stereocenters. The zero-order valence-electron chi connectivity index (χ0n) is 11.6. The van der Waals surface area contributed by atoms with Crippen molar-refractivity contribution in [3.63, 3.8) is 0 Å². The van der Waals surface area contributed by atoms with E-state index in [1.165, 1.54) is 4.31 Å². The van der Waals surface area contributed by atoms with E-state index in [1.54, 1.807) is 31.4 Å². The van der Waals surface area contributed by atoms with Gasteiger partial charge in [0.05, 0.1) is 0 Å². The van der Waals surface area contributed by atoms with Gasteiger partial charge in [-0.3, -0.25) is 0 Å². The lowest BCUT2D eigenvalue weighted by Gasteiger charge is -2.23. The maximum Gasteiger partial charge on any atom is 0.245 e. The molecule has 0 radical (unpaired) electrons. The molecule has 1 heterocycles. The lowest BCUT2D eigenvalue weighted by atomic mass is 10.2. The Kier molecular flexibility index (Phi) is 3.02. The lowest BCUT2D eigenvalue weighted by Crippen LogP contribution is -2.36. The quantitative estimate of drug-likeness (QED) is 0.848. The summed E-state index contributed by atoms with van der Waals surface area (Å²) in [5, 5.41) is 0.653. The molecule has 1 fully saturated rings. The topological polar surface area (TPSA) is 79.2 Å². The summed E-state index contributed by atoms with van der Waals surface area (Å²) in [6.07, 6.45) is 3.78. The first kappa shape index (κ1) is 13.5. The van der Waals surface area contributed by atoms with Crippen molar-refractivity contribution in [2.24, 2.45) is 5.92 Å². The van der Waals surface area contributed by atoms with Gasteiger partial charge in [0.2, 0.25) is 10.0 Å². The summed E-state index contributed by atoms with van der Waals surface area (Å²) in [5.41, 5.74) is 7.11. The molecule has 108 valence electrons. The van der Waals surface area contributed by atoms with E-state index in [4.69, 9.17) is 5.73 Å². The molecule has 1 aromatic heterocycles. The SMILES string of the molecule is CC(C1CC1)N(C)S(=O)(=O)c1c[nH]c2ccc(N)cc12. The standard InChI is InChI=1S/C14H19N3O2S/c1-9(10-3-4-10)17(2)20(18,19)14-8-16-13-6-5-11(15)7-12(13)14/h5-10,16H,3-4,15H2,1-2H3. The Morgan fingerprint density at radius 2 is 2.10 bits per heavy atom. The second-order valence-electron chi connectivity index (χ2n) is 5.56. The molecule has 1 saturated carbocycles. The number of fused-ring (bicyclic) bond motifs is 1. The highest BCUT2D eigenvalue weighted by Crippen LogP contribution is 2.37. The predicted molar refractivity (Wildman–Crippen MR) is 79.8 cm³/mol. The fourth-order valence-electron chi connectivity index (χ4n) is 2.58. The highest BCUT2D eigenvalue weighted by Gasteiger charge is 2.36. The van der Waals surface area contributed by atoms with E-state index in [9.17, 15) is 8.42 Å². The Morgan fingerprint density at radius 1 is 1.40 bits per heavy atom. The van der Waals surface area contributed by atoms with Crippen LogP contribution in [0.1, 0.15) is 19.8 Å². The Hall–Kier alpha value is -1.53. The van der Waals surface area contributed by atoms with E-state index < -0.39 is 10.0 Å². The largest absolute Gasteiger partial charge is 0.399 e. The van der Waals surface area contributed by atoms with E-state index in [0.29, 0.717) is 21.9 Å². The first-order chi connectivity index (χ1) is 9.41. The van der Waals surface area contributed by atoms with Crippen LogP contribution in [0.4, 0.5) is 5.69 Å². The molecule has 0 saturated heterocycles. The van der Waals surface area contributed by atoms with Crippen molar-refractivity contribution >= 4 is 26.6 Å². The normalized spacial score (nSPS) is 17.8. The fraction of sp³-hybridized carbons (Fsp3) is 0.429. The first-order valence-corrected chi connectivity index (χ1v) is 8.20. The number of hydrogen-bond acceptors (Lipinski definition) is 3. The van der Waals surface area contributed by atoms with Crippen LogP contribution in [0.5, 0.6) is 0 Å². The number of nitrogens with one attached hydrogen (secondary N) is 1. The van der Waals surface area contributed by atoms with Gasteiger partial charge in [-0.1, -0.05) is 0 Å². The number of aromatic nitrogens is 1. The molecule has 1 aliphatic rings. The highest BCUT2D eigenvalue weighted by molar-refractivity contribution is 7.89. The van der Waals surface area contributed by atoms with Crippen molar-refractivity contribution in [3.05, 3.63) is 24.4 Å². The third kappa shape index (κ3) is 2.09. The second kappa shape index (κ2) is 4.49. The van der Waals surface area contributed by atoms with Crippen molar-refractivity contribution < 1.29 is 8.42 Å². The van der Waals surface area contributed by atoms with Gasteiger partial charge >= 0.3 is 0 Å². The molecule has 6 heteroatoms. The molecule has 0 aliphatic heterocycles. The number of anilines is 1. The second-order valence-corrected chi connectivity index (χ2v) is 7.52. The molecule has 3 N–H and O–H groups in total. The van der Waals surface area contributed by atoms with Crippen molar-refractivity contribution in [3.8, 4) is 0 Å². The number of nitrogens with zero attached hydrogens (tertiary/aromatic N) is 1. The van der Waals surface area contributed by atoms with Gasteiger partial charge in [-0.25, -0.2) is 8.42 Å². The Bertz CT molecular complexity index is 747. The monoisotopic (exact) mass is 293 g/mol. The zero-order valence-corrected chi connectivity index (χ0v) is 12.4. The van der Waals surface area contributed by atoms with Crippen LogP contribution in [0.2, 0.25) is 0 Å². The van der Waals surface area contributed by atoms with Crippen molar-refractivity contribution in [1.29, 1.82) is 0 Å². The van der Waals surface area contributed by atoms with Crippen molar-refractivity contribution in [1.82, 2.24) is 9.29 Å². The first-order valence-electron chi connectivity index (χ1n) is 6.76. The molecule has 20 heavy (non-hydrogen) atoms. The Morgan fingerprint density at radius 3 is 2.75 bits per heavy atom. The molecule has 5 nitrogen and oxygen atoms in total. The molecule has 2 aromatic rings. The van der Waals surface area contributed by atoms with Crippen LogP contribution >= 0.6 is 0 Å². The van der Waals surface area contributed by atoms with Gasteiger partial charge in [-0.05, 0) is 43.9 Å². The van der Waals surface area contributed by atoms with E-state index >= 15 is 0 Å². The van der Waals surface area contributed by atoms with Crippen LogP contribution in [0, 0.1) is 5.92 Å². The predicted octanol–water partition coefficient (Wildman–Crippen LogP) is 2.17. The number of sulfonamides is 1. The molecule has 1 atom stereocenters. The fourth-order valence-corrected chi connectivity index (χ4v) is 4.15. The molecule has 1 aliphatic carbocycles. The Labute approximate surface area is 118 Å². The van der Waals surface area contributed by atoms with E-state index in [2.05, 4.69) is 4.98 Å². The van der Waals surface area contributed by atoms with Gasteiger partial charge in [0, 0.05) is 35.9 Å². The molecular formula is C14H19N3O2S. The van der Waals surface area contributed by atoms with E-state index in [-0.39, 0.29) is 6.04 Å². The molecule has 0 spiro atoms. The number of H-pyrrole nitrogens is 1. The summed E-state index contributed by atoms with van der Waals surface area (Å²) >= 11 is 0. The number of rotatable bonds is 4. The van der Waals surface area contributed by atoms with Crippen LogP contribution in [0.15, 0.2) is 29.3 Å². The average molecular weight is 293 g/mol.